The molecule has 1 aliphatic rings. The van der Waals surface area contributed by atoms with Gasteiger partial charge in [-0.2, -0.15) is 0 Å². The van der Waals surface area contributed by atoms with Crippen LogP contribution in [0.2, 0.25) is 5.02 Å². The Morgan fingerprint density at radius 3 is 2.54 bits per heavy atom. The Balaban J connectivity index is 1.93. The van der Waals surface area contributed by atoms with Crippen molar-refractivity contribution in [2.75, 3.05) is 30.0 Å². The van der Waals surface area contributed by atoms with Gasteiger partial charge in [0, 0.05) is 35.4 Å². The summed E-state index contributed by atoms with van der Waals surface area (Å²) in [6.45, 7) is 5.96. The molecule has 1 aliphatic heterocycles. The summed E-state index contributed by atoms with van der Waals surface area (Å²) >= 11 is 6.90. The van der Waals surface area contributed by atoms with Crippen molar-refractivity contribution in [3.8, 4) is 5.75 Å². The zero-order valence-corrected chi connectivity index (χ0v) is 17.5. The van der Waals surface area contributed by atoms with Crippen molar-refractivity contribution in [2.24, 2.45) is 0 Å². The smallest absolute Gasteiger partial charge is 0.298 e. The molecule has 7 heteroatoms. The largest absolute Gasteiger partial charge is 0.496 e. The normalized spacial score (nSPS) is 15.4. The molecule has 28 heavy (non-hydrogen) atoms. The fourth-order valence-corrected chi connectivity index (χ4v) is 4.07. The number of thioether (sulfide) groups is 1. The number of imide groups is 1. The molecule has 0 aromatic heterocycles. The van der Waals surface area contributed by atoms with Gasteiger partial charge in [0.1, 0.15) is 5.75 Å². The molecule has 5 nitrogen and oxygen atoms in total. The summed E-state index contributed by atoms with van der Waals surface area (Å²) in [5.74, 6) is 0.283. The number of halogens is 1. The lowest BCUT2D eigenvalue weighted by Crippen LogP contribution is -2.27. The number of methoxy groups -OCH3 is 1. The fourth-order valence-electron chi connectivity index (χ4n) is 3.05. The lowest BCUT2D eigenvalue weighted by atomic mass is 10.1. The molecule has 3 rings (SSSR count). The number of benzene rings is 2. The van der Waals surface area contributed by atoms with E-state index in [9.17, 15) is 9.59 Å². The molecule has 0 saturated carbocycles. The molecule has 0 unspecified atom stereocenters. The molecule has 0 aliphatic carbocycles. The van der Waals surface area contributed by atoms with Crippen molar-refractivity contribution in [1.29, 1.82) is 0 Å². The molecule has 0 bridgehead atoms. The van der Waals surface area contributed by atoms with Crippen molar-refractivity contribution in [3.63, 3.8) is 0 Å². The van der Waals surface area contributed by atoms with Gasteiger partial charge in [-0.05, 0) is 62.0 Å². The molecule has 0 atom stereocenters. The summed E-state index contributed by atoms with van der Waals surface area (Å²) in [7, 11) is 1.59. The van der Waals surface area contributed by atoms with E-state index in [1.54, 1.807) is 37.5 Å². The van der Waals surface area contributed by atoms with Crippen molar-refractivity contribution >= 4 is 52.0 Å². The molecule has 146 valence electrons. The topological polar surface area (TPSA) is 49.9 Å². The third kappa shape index (κ3) is 4.03. The van der Waals surface area contributed by atoms with E-state index < -0.39 is 0 Å². The lowest BCUT2D eigenvalue weighted by molar-refractivity contribution is -0.113. The van der Waals surface area contributed by atoms with E-state index in [1.807, 2.05) is 18.2 Å². The maximum Gasteiger partial charge on any atom is 0.298 e. The van der Waals surface area contributed by atoms with Gasteiger partial charge in [0.05, 0.1) is 17.7 Å². The van der Waals surface area contributed by atoms with Crippen LogP contribution in [0.5, 0.6) is 5.75 Å². The van der Waals surface area contributed by atoms with E-state index in [4.69, 9.17) is 16.3 Å². The van der Waals surface area contributed by atoms with Crippen molar-refractivity contribution in [2.45, 2.75) is 13.8 Å². The first-order valence-electron chi connectivity index (χ1n) is 8.95. The van der Waals surface area contributed by atoms with E-state index in [0.29, 0.717) is 21.4 Å². The van der Waals surface area contributed by atoms with Crippen LogP contribution < -0.4 is 14.5 Å². The van der Waals surface area contributed by atoms with Gasteiger partial charge in [-0.3, -0.25) is 9.59 Å². The predicted octanol–water partition coefficient (Wildman–Crippen LogP) is 5.44. The van der Waals surface area contributed by atoms with Gasteiger partial charge >= 0.3 is 0 Å². The minimum atomic E-state index is -0.368. The predicted molar refractivity (Wildman–Crippen MR) is 116 cm³/mol. The number of carbonyl (C=O) groups is 2. The summed E-state index contributed by atoms with van der Waals surface area (Å²) in [6, 6.07) is 12.5. The molecule has 2 amide bonds. The minimum Gasteiger partial charge on any atom is -0.496 e. The van der Waals surface area contributed by atoms with Crippen LogP contribution in [-0.4, -0.2) is 31.3 Å². The van der Waals surface area contributed by atoms with Crippen LogP contribution in [-0.2, 0) is 4.79 Å². The van der Waals surface area contributed by atoms with E-state index in [2.05, 4.69) is 18.7 Å². The molecule has 1 heterocycles. The van der Waals surface area contributed by atoms with Crippen molar-refractivity contribution in [1.82, 2.24) is 0 Å². The van der Waals surface area contributed by atoms with Crippen LogP contribution in [0.1, 0.15) is 19.4 Å². The molecule has 1 saturated heterocycles. The highest BCUT2D eigenvalue weighted by molar-refractivity contribution is 8.19. The van der Waals surface area contributed by atoms with Gasteiger partial charge in [-0.25, -0.2) is 4.90 Å². The fraction of sp³-hybridized carbons (Fsp3) is 0.238. The Morgan fingerprint density at radius 1 is 1.14 bits per heavy atom. The average Bonchev–Trinajstić information content (AvgIpc) is 2.97. The van der Waals surface area contributed by atoms with Gasteiger partial charge < -0.3 is 9.64 Å². The third-order valence-electron chi connectivity index (χ3n) is 4.49. The SMILES string of the molecule is CCN(CC)c1ccc(/C=C2\SC(=O)N(c3cccc(Cl)c3)C2=O)c(OC)c1. The second kappa shape index (κ2) is 8.71. The standard InChI is InChI=1S/C21H21ClN2O3S/c1-4-23(5-2)16-10-9-14(18(13-16)27-3)11-19-20(25)24(21(26)28-19)17-8-6-7-15(22)12-17/h6-13H,4-5H2,1-3H3/b19-11-. The van der Waals surface area contributed by atoms with Crippen LogP contribution in [0, 0.1) is 0 Å². The van der Waals surface area contributed by atoms with Crippen molar-refractivity contribution < 1.29 is 14.3 Å². The summed E-state index contributed by atoms with van der Waals surface area (Å²) in [4.78, 5) is 28.9. The molecule has 0 N–H and O–H groups in total. The van der Waals surface area contributed by atoms with E-state index in [1.165, 1.54) is 0 Å². The summed E-state index contributed by atoms with van der Waals surface area (Å²) in [5, 5.41) is 0.117. The quantitative estimate of drug-likeness (QED) is 0.587. The summed E-state index contributed by atoms with van der Waals surface area (Å²) in [6.07, 6.45) is 1.69. The molecule has 0 radical (unpaired) electrons. The zero-order chi connectivity index (χ0) is 20.3. The molecular formula is C21H21ClN2O3S. The number of anilines is 2. The number of amides is 2. The number of rotatable bonds is 6. The Morgan fingerprint density at radius 2 is 1.89 bits per heavy atom. The molecule has 2 aromatic rings. The minimum absolute atomic E-state index is 0.346. The average molecular weight is 417 g/mol. The second-order valence-corrected chi connectivity index (χ2v) is 7.53. The van der Waals surface area contributed by atoms with Crippen LogP contribution in [0.25, 0.3) is 6.08 Å². The van der Waals surface area contributed by atoms with Crippen LogP contribution in [0.15, 0.2) is 47.4 Å². The maximum absolute atomic E-state index is 12.8. The first-order valence-corrected chi connectivity index (χ1v) is 10.1. The Kier molecular flexibility index (Phi) is 6.31. The highest BCUT2D eigenvalue weighted by atomic mass is 35.5. The molecule has 1 fully saturated rings. The zero-order valence-electron chi connectivity index (χ0n) is 15.9. The highest BCUT2D eigenvalue weighted by Gasteiger charge is 2.36. The van der Waals surface area contributed by atoms with Gasteiger partial charge in [-0.1, -0.05) is 17.7 Å². The van der Waals surface area contributed by atoms with Gasteiger partial charge in [0.25, 0.3) is 11.1 Å². The van der Waals surface area contributed by atoms with Crippen LogP contribution >= 0.6 is 23.4 Å². The Labute approximate surface area is 173 Å². The Bertz CT molecular complexity index is 941. The molecular weight excluding hydrogens is 396 g/mol. The lowest BCUT2D eigenvalue weighted by Gasteiger charge is -2.22. The number of ether oxygens (including phenoxy) is 1. The first-order chi connectivity index (χ1) is 13.5. The summed E-state index contributed by atoms with van der Waals surface area (Å²) < 4.78 is 5.52. The van der Waals surface area contributed by atoms with Crippen molar-refractivity contribution in [3.05, 3.63) is 58.0 Å². The maximum atomic E-state index is 12.8. The number of nitrogens with zero attached hydrogens (tertiary/aromatic N) is 2. The first kappa shape index (κ1) is 20.3. The molecule has 2 aromatic carbocycles. The van der Waals surface area contributed by atoms with E-state index in [-0.39, 0.29) is 11.1 Å². The number of hydrogen-bond acceptors (Lipinski definition) is 5. The van der Waals surface area contributed by atoms with E-state index in [0.717, 1.165) is 41.0 Å². The third-order valence-corrected chi connectivity index (χ3v) is 5.60. The second-order valence-electron chi connectivity index (χ2n) is 6.10. The van der Waals surface area contributed by atoms with Gasteiger partial charge in [-0.15, -0.1) is 0 Å². The monoisotopic (exact) mass is 416 g/mol. The van der Waals surface area contributed by atoms with Crippen LogP contribution in [0.3, 0.4) is 0 Å². The van der Waals surface area contributed by atoms with Gasteiger partial charge in [0.2, 0.25) is 0 Å². The van der Waals surface area contributed by atoms with Crippen LogP contribution in [0.4, 0.5) is 16.2 Å². The number of carbonyl (C=O) groups excluding carboxylic acids is 2. The number of hydrogen-bond donors (Lipinski definition) is 0. The Hall–Kier alpha value is -2.44. The molecule has 0 spiro atoms. The van der Waals surface area contributed by atoms with E-state index >= 15 is 0 Å². The van der Waals surface area contributed by atoms with Gasteiger partial charge in [0.15, 0.2) is 0 Å². The highest BCUT2D eigenvalue weighted by Crippen LogP contribution is 2.38. The summed E-state index contributed by atoms with van der Waals surface area (Å²) in [5.41, 5.74) is 2.25.